The van der Waals surface area contributed by atoms with Crippen molar-refractivity contribution in [2.24, 2.45) is 11.3 Å². The van der Waals surface area contributed by atoms with Crippen LogP contribution < -0.4 is 0 Å². The average molecular weight is 318 g/mol. The molecule has 0 amide bonds. The fraction of sp³-hybridized carbons (Fsp3) is 0.769. The maximum Gasteiger partial charge on any atom is 0.126 e. The van der Waals surface area contributed by atoms with E-state index in [0.29, 0.717) is 5.92 Å². The molecule has 2 unspecified atom stereocenters. The van der Waals surface area contributed by atoms with Crippen molar-refractivity contribution in [1.29, 1.82) is 0 Å². The van der Waals surface area contributed by atoms with Crippen LogP contribution in [-0.4, -0.2) is 10.1 Å². The molecule has 1 aromatic heterocycles. The van der Waals surface area contributed by atoms with Gasteiger partial charge in [-0.1, -0.05) is 33.6 Å². The highest BCUT2D eigenvalue weighted by atomic mass is 79.9. The Morgan fingerprint density at radius 3 is 2.71 bits per heavy atom. The molecule has 1 aromatic rings. The van der Waals surface area contributed by atoms with E-state index in [4.69, 9.17) is 0 Å². The molecule has 1 aliphatic rings. The Morgan fingerprint density at radius 1 is 1.47 bits per heavy atom. The third-order valence-corrected chi connectivity index (χ3v) is 5.49. The number of halogens is 1. The van der Waals surface area contributed by atoms with Crippen LogP contribution in [0.2, 0.25) is 0 Å². The zero-order valence-corrected chi connectivity index (χ0v) is 13.1. The van der Waals surface area contributed by atoms with E-state index in [1.807, 2.05) is 5.38 Å². The highest BCUT2D eigenvalue weighted by Crippen LogP contribution is 2.50. The van der Waals surface area contributed by atoms with E-state index in [1.54, 1.807) is 11.3 Å². The second-order valence-corrected chi connectivity index (χ2v) is 7.73. The fourth-order valence-electron chi connectivity index (χ4n) is 3.01. The van der Waals surface area contributed by atoms with Crippen LogP contribution in [0, 0.1) is 11.3 Å². The molecule has 1 saturated carbocycles. The number of nitrogens with zero attached hydrogens (tertiary/aromatic N) is 1. The monoisotopic (exact) mass is 317 g/mol. The summed E-state index contributed by atoms with van der Waals surface area (Å²) in [5.41, 5.74) is -0.611. The number of aromatic nitrogens is 1. The van der Waals surface area contributed by atoms with Gasteiger partial charge in [0.1, 0.15) is 15.2 Å². The standard InChI is InChI=1S/C13H20BrNOS/c1-12(2,3)9-6-4-5-7-13(9,16)11-15-10(14)8-17-11/h8-9,16H,4-7H2,1-3H3. The van der Waals surface area contributed by atoms with Gasteiger partial charge in [0.15, 0.2) is 0 Å². The third-order valence-electron chi connectivity index (χ3n) is 3.77. The van der Waals surface area contributed by atoms with Crippen LogP contribution in [0.1, 0.15) is 51.5 Å². The van der Waals surface area contributed by atoms with Crippen molar-refractivity contribution in [2.45, 2.75) is 52.1 Å². The largest absolute Gasteiger partial charge is 0.382 e. The molecule has 96 valence electrons. The van der Waals surface area contributed by atoms with E-state index in [-0.39, 0.29) is 5.41 Å². The first-order valence-corrected chi connectivity index (χ1v) is 7.85. The normalized spacial score (nSPS) is 30.5. The molecule has 0 aromatic carbocycles. The lowest BCUT2D eigenvalue weighted by molar-refractivity contribution is -0.0960. The van der Waals surface area contributed by atoms with Gasteiger partial charge in [0.05, 0.1) is 0 Å². The van der Waals surface area contributed by atoms with Crippen LogP contribution in [-0.2, 0) is 5.60 Å². The maximum atomic E-state index is 11.1. The highest BCUT2D eigenvalue weighted by molar-refractivity contribution is 9.10. The molecule has 1 N–H and O–H groups in total. The van der Waals surface area contributed by atoms with Crippen LogP contribution in [0.25, 0.3) is 0 Å². The predicted molar refractivity (Wildman–Crippen MR) is 75.1 cm³/mol. The summed E-state index contributed by atoms with van der Waals surface area (Å²) in [5, 5.41) is 13.9. The lowest BCUT2D eigenvalue weighted by Crippen LogP contribution is -2.44. The van der Waals surface area contributed by atoms with Crippen LogP contribution in [0.3, 0.4) is 0 Å². The Hall–Kier alpha value is 0.0700. The number of hydrogen-bond acceptors (Lipinski definition) is 3. The van der Waals surface area contributed by atoms with E-state index >= 15 is 0 Å². The van der Waals surface area contributed by atoms with Crippen LogP contribution in [0.5, 0.6) is 0 Å². The predicted octanol–water partition coefficient (Wildman–Crippen LogP) is 4.33. The van der Waals surface area contributed by atoms with Crippen molar-refractivity contribution in [3.05, 3.63) is 15.0 Å². The fourth-order valence-corrected chi connectivity index (χ4v) is 4.45. The van der Waals surface area contributed by atoms with Crippen molar-refractivity contribution in [3.8, 4) is 0 Å². The average Bonchev–Trinajstić information content (AvgIpc) is 2.64. The molecule has 1 aliphatic carbocycles. The van der Waals surface area contributed by atoms with Gasteiger partial charge in [0.25, 0.3) is 0 Å². The maximum absolute atomic E-state index is 11.1. The molecule has 2 nitrogen and oxygen atoms in total. The number of aliphatic hydroxyl groups is 1. The topological polar surface area (TPSA) is 33.1 Å². The summed E-state index contributed by atoms with van der Waals surface area (Å²) in [6, 6.07) is 0. The molecule has 0 bridgehead atoms. The Balaban J connectivity index is 2.38. The Bertz CT molecular complexity index is 398. The highest BCUT2D eigenvalue weighted by Gasteiger charge is 2.47. The van der Waals surface area contributed by atoms with Gasteiger partial charge in [0, 0.05) is 5.38 Å². The Labute approximate surface area is 116 Å². The molecule has 1 fully saturated rings. The van der Waals surface area contributed by atoms with Gasteiger partial charge in [-0.3, -0.25) is 0 Å². The molecule has 17 heavy (non-hydrogen) atoms. The molecule has 0 radical (unpaired) electrons. The summed E-state index contributed by atoms with van der Waals surface area (Å²) in [6.45, 7) is 6.66. The molecular weight excluding hydrogens is 298 g/mol. The van der Waals surface area contributed by atoms with Crippen LogP contribution in [0.15, 0.2) is 9.98 Å². The van der Waals surface area contributed by atoms with E-state index in [1.165, 1.54) is 6.42 Å². The molecule has 4 heteroatoms. The molecule has 2 rings (SSSR count). The summed E-state index contributed by atoms with van der Waals surface area (Å²) < 4.78 is 0.837. The molecular formula is C13H20BrNOS. The van der Waals surface area contributed by atoms with Gasteiger partial charge in [-0.2, -0.15) is 0 Å². The minimum atomic E-state index is -0.729. The minimum absolute atomic E-state index is 0.118. The van der Waals surface area contributed by atoms with Crippen molar-refractivity contribution >= 4 is 27.3 Å². The number of thiazole rings is 1. The van der Waals surface area contributed by atoms with Gasteiger partial charge in [-0.05, 0) is 40.1 Å². The van der Waals surface area contributed by atoms with Crippen molar-refractivity contribution in [1.82, 2.24) is 4.98 Å². The van der Waals surface area contributed by atoms with E-state index < -0.39 is 5.60 Å². The second kappa shape index (κ2) is 4.63. The van der Waals surface area contributed by atoms with Gasteiger partial charge >= 0.3 is 0 Å². The van der Waals surface area contributed by atoms with E-state index in [0.717, 1.165) is 28.9 Å². The van der Waals surface area contributed by atoms with Gasteiger partial charge < -0.3 is 5.11 Å². The first kappa shape index (κ1) is 13.5. The van der Waals surface area contributed by atoms with Gasteiger partial charge in [0.2, 0.25) is 0 Å². The number of rotatable bonds is 1. The second-order valence-electron chi connectivity index (χ2n) is 6.06. The third kappa shape index (κ3) is 2.59. The van der Waals surface area contributed by atoms with Crippen molar-refractivity contribution in [3.63, 3.8) is 0 Å². The minimum Gasteiger partial charge on any atom is -0.382 e. The quantitative estimate of drug-likeness (QED) is 0.836. The molecule has 0 saturated heterocycles. The first-order valence-electron chi connectivity index (χ1n) is 6.18. The summed E-state index contributed by atoms with van der Waals surface area (Å²) >= 11 is 4.95. The molecule has 2 atom stereocenters. The Morgan fingerprint density at radius 2 is 2.18 bits per heavy atom. The SMILES string of the molecule is CC(C)(C)C1CCCCC1(O)c1nc(Br)cs1. The molecule has 0 aliphatic heterocycles. The van der Waals surface area contributed by atoms with Gasteiger partial charge in [-0.15, -0.1) is 11.3 Å². The number of hydrogen-bond donors (Lipinski definition) is 1. The van der Waals surface area contributed by atoms with Crippen LogP contribution in [0.4, 0.5) is 0 Å². The summed E-state index contributed by atoms with van der Waals surface area (Å²) in [4.78, 5) is 4.46. The molecule has 0 spiro atoms. The van der Waals surface area contributed by atoms with Gasteiger partial charge in [-0.25, -0.2) is 4.98 Å². The van der Waals surface area contributed by atoms with Crippen molar-refractivity contribution < 1.29 is 5.11 Å². The molecule has 1 heterocycles. The summed E-state index contributed by atoms with van der Waals surface area (Å²) in [7, 11) is 0. The first-order chi connectivity index (χ1) is 7.84. The lowest BCUT2D eigenvalue weighted by atomic mass is 9.64. The zero-order chi connectivity index (χ0) is 12.7. The summed E-state index contributed by atoms with van der Waals surface area (Å²) in [6.07, 6.45) is 4.25. The summed E-state index contributed by atoms with van der Waals surface area (Å²) in [5.74, 6) is 0.293. The lowest BCUT2D eigenvalue weighted by Gasteiger charge is -2.45. The van der Waals surface area contributed by atoms with Crippen molar-refractivity contribution in [2.75, 3.05) is 0 Å². The zero-order valence-electron chi connectivity index (χ0n) is 10.7. The smallest absolute Gasteiger partial charge is 0.126 e. The van der Waals surface area contributed by atoms with E-state index in [9.17, 15) is 5.11 Å². The van der Waals surface area contributed by atoms with E-state index in [2.05, 4.69) is 41.7 Å². The van der Waals surface area contributed by atoms with Crippen LogP contribution >= 0.6 is 27.3 Å². The Kier molecular flexibility index (Phi) is 3.68.